The summed E-state index contributed by atoms with van der Waals surface area (Å²) in [4.78, 5) is 21.2. The number of thiophene rings is 1. The monoisotopic (exact) mass is 384 g/mol. The van der Waals surface area contributed by atoms with Gasteiger partial charge in [-0.15, -0.1) is 11.3 Å². The summed E-state index contributed by atoms with van der Waals surface area (Å²) in [5.41, 5.74) is 4.60. The first-order chi connectivity index (χ1) is 13.8. The lowest BCUT2D eigenvalue weighted by molar-refractivity contribution is 0.816. The van der Waals surface area contributed by atoms with Gasteiger partial charge in [0.2, 0.25) is 0 Å². The molecule has 28 heavy (non-hydrogen) atoms. The van der Waals surface area contributed by atoms with Crippen LogP contribution in [0, 0.1) is 0 Å². The number of fused-ring (bicyclic) bond motifs is 1. The van der Waals surface area contributed by atoms with Crippen molar-refractivity contribution in [3.63, 3.8) is 0 Å². The van der Waals surface area contributed by atoms with E-state index in [0.717, 1.165) is 33.0 Å². The van der Waals surface area contributed by atoms with Crippen LogP contribution in [0.5, 0.6) is 0 Å². The van der Waals surface area contributed by atoms with E-state index in [-0.39, 0.29) is 5.56 Å². The fourth-order valence-corrected chi connectivity index (χ4v) is 3.92. The topological polar surface area (TPSA) is 63.6 Å². The Morgan fingerprint density at radius 2 is 1.79 bits per heavy atom. The van der Waals surface area contributed by atoms with Crippen molar-refractivity contribution in [3.05, 3.63) is 99.9 Å². The predicted octanol–water partition coefficient (Wildman–Crippen LogP) is 4.43. The largest absolute Gasteiger partial charge is 0.319 e. The molecule has 136 valence electrons. The van der Waals surface area contributed by atoms with Crippen molar-refractivity contribution in [1.29, 1.82) is 0 Å². The maximum atomic E-state index is 12.6. The van der Waals surface area contributed by atoms with Gasteiger partial charge in [0.15, 0.2) is 0 Å². The van der Waals surface area contributed by atoms with E-state index in [1.54, 1.807) is 11.3 Å². The number of H-pyrrole nitrogens is 1. The van der Waals surface area contributed by atoms with Gasteiger partial charge in [-0.2, -0.15) is 5.10 Å². The van der Waals surface area contributed by atoms with Gasteiger partial charge in [0.05, 0.1) is 27.3 Å². The SMILES string of the molecule is O=c1[nH]c2ccccc2nc1Cc1cc(-c2cccs2)nn1-c1ccccc1. The zero-order chi connectivity index (χ0) is 18.9. The summed E-state index contributed by atoms with van der Waals surface area (Å²) in [7, 11) is 0. The lowest BCUT2D eigenvalue weighted by atomic mass is 10.2. The molecular weight excluding hydrogens is 368 g/mol. The minimum atomic E-state index is -0.169. The smallest absolute Gasteiger partial charge is 0.270 e. The molecule has 0 amide bonds. The van der Waals surface area contributed by atoms with Crippen LogP contribution in [0.2, 0.25) is 0 Å². The molecule has 0 saturated carbocycles. The van der Waals surface area contributed by atoms with Crippen LogP contribution < -0.4 is 5.56 Å². The van der Waals surface area contributed by atoms with Crippen molar-refractivity contribution in [2.75, 3.05) is 0 Å². The van der Waals surface area contributed by atoms with Crippen LogP contribution in [-0.2, 0) is 6.42 Å². The standard InChI is InChI=1S/C22H16N4OS/c27-22-20(23-17-9-4-5-10-18(17)24-22)14-16-13-19(21-11-6-12-28-21)25-26(16)15-7-2-1-3-8-15/h1-13H,14H2,(H,24,27). The van der Waals surface area contributed by atoms with Gasteiger partial charge in [0.1, 0.15) is 11.4 Å². The molecule has 3 aromatic heterocycles. The van der Waals surface area contributed by atoms with Gasteiger partial charge in [-0.25, -0.2) is 9.67 Å². The number of hydrogen-bond donors (Lipinski definition) is 1. The van der Waals surface area contributed by atoms with Crippen LogP contribution in [-0.4, -0.2) is 19.7 Å². The number of nitrogens with one attached hydrogen (secondary N) is 1. The summed E-state index contributed by atoms with van der Waals surface area (Å²) in [5, 5.41) is 6.83. The van der Waals surface area contributed by atoms with E-state index in [1.165, 1.54) is 0 Å². The van der Waals surface area contributed by atoms with Gasteiger partial charge in [0.25, 0.3) is 5.56 Å². The summed E-state index contributed by atoms with van der Waals surface area (Å²) >= 11 is 1.65. The van der Waals surface area contributed by atoms with Gasteiger partial charge in [-0.3, -0.25) is 4.79 Å². The van der Waals surface area contributed by atoms with Crippen LogP contribution in [0.15, 0.2) is 83.0 Å². The zero-order valence-electron chi connectivity index (χ0n) is 14.9. The van der Waals surface area contributed by atoms with Crippen molar-refractivity contribution in [3.8, 4) is 16.3 Å². The average molecular weight is 384 g/mol. The Bertz CT molecular complexity index is 1300. The Kier molecular flexibility index (Phi) is 4.10. The highest BCUT2D eigenvalue weighted by atomic mass is 32.1. The summed E-state index contributed by atoms with van der Waals surface area (Å²) in [6.45, 7) is 0. The highest BCUT2D eigenvalue weighted by molar-refractivity contribution is 7.13. The number of aromatic nitrogens is 4. The number of benzene rings is 2. The Labute approximate surface area is 164 Å². The molecule has 0 aliphatic carbocycles. The molecule has 0 radical (unpaired) electrons. The van der Waals surface area contributed by atoms with Crippen LogP contribution in [0.4, 0.5) is 0 Å². The first-order valence-corrected chi connectivity index (χ1v) is 9.82. The fourth-order valence-electron chi connectivity index (χ4n) is 3.24. The van der Waals surface area contributed by atoms with Crippen molar-refractivity contribution < 1.29 is 0 Å². The second-order valence-corrected chi connectivity index (χ2v) is 7.40. The van der Waals surface area contributed by atoms with Crippen LogP contribution in [0.3, 0.4) is 0 Å². The third-order valence-electron chi connectivity index (χ3n) is 4.58. The number of aromatic amines is 1. The quantitative estimate of drug-likeness (QED) is 0.499. The Morgan fingerprint density at radius 1 is 0.964 bits per heavy atom. The van der Waals surface area contributed by atoms with Crippen molar-refractivity contribution in [2.24, 2.45) is 0 Å². The molecule has 0 fully saturated rings. The highest BCUT2D eigenvalue weighted by Gasteiger charge is 2.15. The van der Waals surface area contributed by atoms with Gasteiger partial charge < -0.3 is 4.98 Å². The van der Waals surface area contributed by atoms with Crippen molar-refractivity contribution >= 4 is 22.4 Å². The molecule has 6 heteroatoms. The zero-order valence-corrected chi connectivity index (χ0v) is 15.7. The number of para-hydroxylation sites is 3. The molecular formula is C22H16N4OS. The summed E-state index contributed by atoms with van der Waals surface area (Å²) in [6.07, 6.45) is 0.396. The minimum absolute atomic E-state index is 0.169. The molecule has 5 rings (SSSR count). The minimum Gasteiger partial charge on any atom is -0.319 e. The molecule has 1 N–H and O–H groups in total. The fraction of sp³-hybridized carbons (Fsp3) is 0.0455. The molecule has 3 heterocycles. The third-order valence-corrected chi connectivity index (χ3v) is 5.47. The van der Waals surface area contributed by atoms with Gasteiger partial charge in [-0.05, 0) is 41.8 Å². The van der Waals surface area contributed by atoms with Crippen LogP contribution >= 0.6 is 11.3 Å². The predicted molar refractivity (Wildman–Crippen MR) is 112 cm³/mol. The van der Waals surface area contributed by atoms with E-state index < -0.39 is 0 Å². The molecule has 0 bridgehead atoms. The average Bonchev–Trinajstić information content (AvgIpc) is 3.39. The van der Waals surface area contributed by atoms with Gasteiger partial charge >= 0.3 is 0 Å². The molecule has 0 aliphatic rings. The van der Waals surface area contributed by atoms with Crippen molar-refractivity contribution in [1.82, 2.24) is 19.7 Å². The highest BCUT2D eigenvalue weighted by Crippen LogP contribution is 2.26. The molecule has 5 nitrogen and oxygen atoms in total. The molecule has 5 aromatic rings. The molecule has 2 aromatic carbocycles. The van der Waals surface area contributed by atoms with E-state index in [2.05, 4.69) is 9.97 Å². The Hall–Kier alpha value is -3.51. The second kappa shape index (κ2) is 6.90. The van der Waals surface area contributed by atoms with Gasteiger partial charge in [-0.1, -0.05) is 36.4 Å². The maximum Gasteiger partial charge on any atom is 0.270 e. The molecule has 0 aliphatic heterocycles. The Balaban J connectivity index is 1.63. The second-order valence-electron chi connectivity index (χ2n) is 6.45. The van der Waals surface area contributed by atoms with Crippen molar-refractivity contribution in [2.45, 2.75) is 6.42 Å². The van der Waals surface area contributed by atoms with Crippen LogP contribution in [0.25, 0.3) is 27.3 Å². The lowest BCUT2D eigenvalue weighted by Crippen LogP contribution is -2.17. The van der Waals surface area contributed by atoms with E-state index in [4.69, 9.17) is 5.10 Å². The third kappa shape index (κ3) is 3.04. The Morgan fingerprint density at radius 3 is 2.61 bits per heavy atom. The summed E-state index contributed by atoms with van der Waals surface area (Å²) in [6, 6.07) is 23.6. The number of nitrogens with zero attached hydrogens (tertiary/aromatic N) is 3. The maximum absolute atomic E-state index is 12.6. The van der Waals surface area contributed by atoms with Crippen LogP contribution in [0.1, 0.15) is 11.4 Å². The number of hydrogen-bond acceptors (Lipinski definition) is 4. The molecule has 0 unspecified atom stereocenters. The lowest BCUT2D eigenvalue weighted by Gasteiger charge is -2.07. The first-order valence-electron chi connectivity index (χ1n) is 8.94. The summed E-state index contributed by atoms with van der Waals surface area (Å²) in [5.74, 6) is 0. The van der Waals surface area contributed by atoms with E-state index in [1.807, 2.05) is 82.9 Å². The van der Waals surface area contributed by atoms with Gasteiger partial charge in [0, 0.05) is 6.42 Å². The number of rotatable bonds is 4. The molecule has 0 saturated heterocycles. The molecule has 0 spiro atoms. The summed E-state index contributed by atoms with van der Waals surface area (Å²) < 4.78 is 1.89. The molecule has 0 atom stereocenters. The van der Waals surface area contributed by atoms with E-state index in [0.29, 0.717) is 12.1 Å². The normalized spacial score (nSPS) is 11.1. The van der Waals surface area contributed by atoms with E-state index >= 15 is 0 Å². The first kappa shape index (κ1) is 16.6. The van der Waals surface area contributed by atoms with E-state index in [9.17, 15) is 4.79 Å².